The number of amides is 1. The van der Waals surface area contributed by atoms with E-state index in [0.29, 0.717) is 12.5 Å². The molecule has 0 aliphatic carbocycles. The van der Waals surface area contributed by atoms with Gasteiger partial charge in [0.15, 0.2) is 0 Å². The Morgan fingerprint density at radius 1 is 1.35 bits per heavy atom. The van der Waals surface area contributed by atoms with E-state index in [0.717, 1.165) is 41.6 Å². The van der Waals surface area contributed by atoms with Gasteiger partial charge in [0.25, 0.3) is 0 Å². The molecule has 5 heteroatoms. The molecule has 110 valence electrons. The first-order valence-corrected chi connectivity index (χ1v) is 8.39. The molecule has 1 amide bonds. The molecule has 1 N–H and O–H groups in total. The Morgan fingerprint density at radius 3 is 2.60 bits per heavy atom. The summed E-state index contributed by atoms with van der Waals surface area (Å²) in [5, 5.41) is 4.03. The van der Waals surface area contributed by atoms with Crippen LogP contribution in [0.25, 0.3) is 0 Å². The lowest BCUT2D eigenvalue weighted by Gasteiger charge is -2.31. The first-order chi connectivity index (χ1) is 9.69. The van der Waals surface area contributed by atoms with Crippen molar-refractivity contribution in [1.29, 1.82) is 0 Å². The average molecular weight is 313 g/mol. The van der Waals surface area contributed by atoms with Crippen LogP contribution in [0.15, 0.2) is 29.2 Å². The predicted molar refractivity (Wildman–Crippen MR) is 85.5 cm³/mol. The van der Waals surface area contributed by atoms with Crippen LogP contribution in [-0.2, 0) is 4.79 Å². The Bertz CT molecular complexity index is 430. The molecular formula is C15H21ClN2OS. The van der Waals surface area contributed by atoms with Crippen molar-refractivity contribution < 1.29 is 4.79 Å². The summed E-state index contributed by atoms with van der Waals surface area (Å²) in [7, 11) is 1.99. The smallest absolute Gasteiger partial charge is 0.223 e. The Labute approximate surface area is 130 Å². The largest absolute Gasteiger partial charge is 0.343 e. The molecule has 0 unspecified atom stereocenters. The number of hydrogen-bond acceptors (Lipinski definition) is 3. The van der Waals surface area contributed by atoms with Crippen LogP contribution in [0.1, 0.15) is 19.3 Å². The van der Waals surface area contributed by atoms with Crippen molar-refractivity contribution in [2.75, 3.05) is 25.9 Å². The molecule has 0 bridgehead atoms. The number of nitrogens with zero attached hydrogens (tertiary/aromatic N) is 1. The molecule has 1 fully saturated rings. The SMILES string of the molecule is CNC1CCN(C(=O)CCSc2ccc(Cl)cc2)CC1. The van der Waals surface area contributed by atoms with Crippen molar-refractivity contribution in [3.8, 4) is 0 Å². The molecule has 0 aromatic heterocycles. The van der Waals surface area contributed by atoms with Crippen molar-refractivity contribution in [3.63, 3.8) is 0 Å². The predicted octanol–water partition coefficient (Wildman–Crippen LogP) is 3.03. The maximum Gasteiger partial charge on any atom is 0.223 e. The van der Waals surface area contributed by atoms with E-state index in [9.17, 15) is 4.79 Å². The van der Waals surface area contributed by atoms with E-state index in [1.807, 2.05) is 36.2 Å². The normalized spacial score (nSPS) is 16.4. The number of nitrogens with one attached hydrogen (secondary N) is 1. The van der Waals surface area contributed by atoms with Crippen LogP contribution in [0.2, 0.25) is 5.02 Å². The minimum absolute atomic E-state index is 0.279. The third-order valence-corrected chi connectivity index (χ3v) is 4.92. The number of likely N-dealkylation sites (tertiary alicyclic amines) is 1. The fourth-order valence-electron chi connectivity index (χ4n) is 2.36. The first-order valence-electron chi connectivity index (χ1n) is 7.02. The maximum absolute atomic E-state index is 12.1. The standard InChI is InChI=1S/C15H21ClN2OS/c1-17-13-6-9-18(10-7-13)15(19)8-11-20-14-4-2-12(16)3-5-14/h2-5,13,17H,6-11H2,1H3. The van der Waals surface area contributed by atoms with Crippen molar-refractivity contribution in [1.82, 2.24) is 10.2 Å². The third-order valence-electron chi connectivity index (χ3n) is 3.65. The number of halogens is 1. The van der Waals surface area contributed by atoms with Gasteiger partial charge in [0, 0.05) is 41.2 Å². The van der Waals surface area contributed by atoms with Gasteiger partial charge in [0.1, 0.15) is 0 Å². The van der Waals surface area contributed by atoms with Crippen LogP contribution in [0.5, 0.6) is 0 Å². The number of carbonyl (C=O) groups is 1. The van der Waals surface area contributed by atoms with Gasteiger partial charge in [-0.15, -0.1) is 11.8 Å². The zero-order chi connectivity index (χ0) is 14.4. The maximum atomic E-state index is 12.1. The molecule has 1 saturated heterocycles. The molecule has 1 aliphatic rings. The molecule has 0 radical (unpaired) electrons. The summed E-state index contributed by atoms with van der Waals surface area (Å²) >= 11 is 7.55. The number of benzene rings is 1. The number of hydrogen-bond donors (Lipinski definition) is 1. The number of thioether (sulfide) groups is 1. The first kappa shape index (κ1) is 15.7. The van der Waals surface area contributed by atoms with Crippen molar-refractivity contribution in [2.45, 2.75) is 30.2 Å². The summed E-state index contributed by atoms with van der Waals surface area (Å²) in [6.45, 7) is 1.77. The Hall–Kier alpha value is -0.710. The topological polar surface area (TPSA) is 32.3 Å². The van der Waals surface area contributed by atoms with E-state index in [2.05, 4.69) is 5.32 Å². The summed E-state index contributed by atoms with van der Waals surface area (Å²) < 4.78 is 0. The Balaban J connectivity index is 1.69. The fourth-order valence-corrected chi connectivity index (χ4v) is 3.33. The van der Waals surface area contributed by atoms with Crippen molar-refractivity contribution >= 4 is 29.3 Å². The van der Waals surface area contributed by atoms with E-state index in [1.165, 1.54) is 0 Å². The van der Waals surface area contributed by atoms with E-state index in [-0.39, 0.29) is 5.91 Å². The summed E-state index contributed by atoms with van der Waals surface area (Å²) in [5.41, 5.74) is 0. The molecule has 2 rings (SSSR count). The quantitative estimate of drug-likeness (QED) is 0.848. The highest BCUT2D eigenvalue weighted by Crippen LogP contribution is 2.21. The molecule has 1 aromatic rings. The monoisotopic (exact) mass is 312 g/mol. The van der Waals surface area contributed by atoms with Crippen molar-refractivity contribution in [3.05, 3.63) is 29.3 Å². The molecular weight excluding hydrogens is 292 g/mol. The molecule has 1 aromatic carbocycles. The summed E-state index contributed by atoms with van der Waals surface area (Å²) in [6, 6.07) is 8.33. The van der Waals surface area contributed by atoms with E-state index in [1.54, 1.807) is 11.8 Å². The van der Waals surface area contributed by atoms with Gasteiger partial charge < -0.3 is 10.2 Å². The lowest BCUT2D eigenvalue weighted by Crippen LogP contribution is -2.44. The molecule has 0 spiro atoms. The van der Waals surface area contributed by atoms with E-state index in [4.69, 9.17) is 11.6 Å². The van der Waals surface area contributed by atoms with Gasteiger partial charge >= 0.3 is 0 Å². The molecule has 0 atom stereocenters. The second kappa shape index (κ2) is 7.91. The number of rotatable bonds is 5. The zero-order valence-corrected chi connectivity index (χ0v) is 13.3. The summed E-state index contributed by atoms with van der Waals surface area (Å²) in [6.07, 6.45) is 2.73. The Kier molecular flexibility index (Phi) is 6.20. The molecule has 20 heavy (non-hydrogen) atoms. The van der Waals surface area contributed by atoms with Gasteiger partial charge in [0.2, 0.25) is 5.91 Å². The highest BCUT2D eigenvalue weighted by Gasteiger charge is 2.21. The van der Waals surface area contributed by atoms with Gasteiger partial charge in [-0.1, -0.05) is 11.6 Å². The minimum Gasteiger partial charge on any atom is -0.343 e. The van der Waals surface area contributed by atoms with Crippen LogP contribution in [0.3, 0.4) is 0 Å². The zero-order valence-electron chi connectivity index (χ0n) is 11.8. The minimum atomic E-state index is 0.279. The van der Waals surface area contributed by atoms with Crippen LogP contribution in [-0.4, -0.2) is 42.7 Å². The van der Waals surface area contributed by atoms with Crippen LogP contribution in [0.4, 0.5) is 0 Å². The summed E-state index contributed by atoms with van der Waals surface area (Å²) in [4.78, 5) is 15.3. The van der Waals surface area contributed by atoms with Gasteiger partial charge in [0.05, 0.1) is 0 Å². The Morgan fingerprint density at radius 2 is 2.00 bits per heavy atom. The van der Waals surface area contributed by atoms with Gasteiger partial charge in [-0.05, 0) is 44.2 Å². The highest BCUT2D eigenvalue weighted by molar-refractivity contribution is 7.99. The second-order valence-corrected chi connectivity index (χ2v) is 6.60. The highest BCUT2D eigenvalue weighted by atomic mass is 35.5. The van der Waals surface area contributed by atoms with Crippen LogP contribution in [0, 0.1) is 0 Å². The van der Waals surface area contributed by atoms with Crippen molar-refractivity contribution in [2.24, 2.45) is 0 Å². The molecule has 1 aliphatic heterocycles. The third kappa shape index (κ3) is 4.69. The number of piperidine rings is 1. The average Bonchev–Trinajstić information content (AvgIpc) is 2.49. The lowest BCUT2D eigenvalue weighted by atomic mass is 10.1. The lowest BCUT2D eigenvalue weighted by molar-refractivity contribution is -0.131. The summed E-state index contributed by atoms with van der Waals surface area (Å²) in [5.74, 6) is 1.10. The van der Waals surface area contributed by atoms with E-state index < -0.39 is 0 Å². The van der Waals surface area contributed by atoms with Gasteiger partial charge in [-0.3, -0.25) is 4.79 Å². The fraction of sp³-hybridized carbons (Fsp3) is 0.533. The molecule has 0 saturated carbocycles. The van der Waals surface area contributed by atoms with Gasteiger partial charge in [-0.2, -0.15) is 0 Å². The molecule has 1 heterocycles. The number of carbonyl (C=O) groups excluding carboxylic acids is 1. The second-order valence-electron chi connectivity index (χ2n) is 5.00. The van der Waals surface area contributed by atoms with Crippen LogP contribution < -0.4 is 5.32 Å². The molecule has 3 nitrogen and oxygen atoms in total. The van der Waals surface area contributed by atoms with Gasteiger partial charge in [-0.25, -0.2) is 0 Å². The van der Waals surface area contributed by atoms with E-state index >= 15 is 0 Å². The van der Waals surface area contributed by atoms with Crippen LogP contribution >= 0.6 is 23.4 Å².